The lowest BCUT2D eigenvalue weighted by atomic mass is 9.81. The molecule has 0 saturated heterocycles. The van der Waals surface area contributed by atoms with Gasteiger partial charge in [-0.05, 0) is 16.9 Å². The Balaban J connectivity index is 2.15. The Hall–Kier alpha value is -1.55. The Labute approximate surface area is 92.5 Å². The highest BCUT2D eigenvalue weighted by molar-refractivity contribution is 7.08. The molecule has 0 amide bonds. The van der Waals surface area contributed by atoms with Gasteiger partial charge in [-0.15, -0.1) is 5.16 Å². The predicted molar refractivity (Wildman–Crippen MR) is 62.9 cm³/mol. The van der Waals surface area contributed by atoms with Crippen LogP contribution in [0.2, 0.25) is 0 Å². The van der Waals surface area contributed by atoms with Crippen LogP contribution >= 0.6 is 11.3 Å². The molecule has 0 saturated carbocycles. The van der Waals surface area contributed by atoms with Gasteiger partial charge in [-0.25, -0.2) is 0 Å². The minimum Gasteiger partial charge on any atom is -0.467 e. The van der Waals surface area contributed by atoms with E-state index in [0.717, 1.165) is 22.3 Å². The van der Waals surface area contributed by atoms with Crippen LogP contribution in [0.3, 0.4) is 0 Å². The molecule has 71 valence electrons. The first kappa shape index (κ1) is 8.74. The summed E-state index contributed by atoms with van der Waals surface area (Å²) >= 11 is 1.66. The normalized spacial score (nSPS) is 13.5. The first-order chi connectivity index (χ1) is 7.45. The summed E-state index contributed by atoms with van der Waals surface area (Å²) in [5.74, 6) is 0. The first-order valence-corrected chi connectivity index (χ1v) is 5.58. The third-order valence-electron chi connectivity index (χ3n) is 2.33. The number of nitrogens with zero attached hydrogens (tertiary/aromatic N) is 1. The molecule has 0 atom stereocenters. The van der Waals surface area contributed by atoms with E-state index in [-0.39, 0.29) is 0 Å². The summed E-state index contributed by atoms with van der Waals surface area (Å²) in [5.41, 5.74) is 4.23. The van der Waals surface area contributed by atoms with Crippen molar-refractivity contribution < 1.29 is 4.76 Å². The van der Waals surface area contributed by atoms with Gasteiger partial charge >= 0.3 is 7.48 Å². The van der Waals surface area contributed by atoms with E-state index in [0.29, 0.717) is 0 Å². The molecule has 0 fully saturated rings. The van der Waals surface area contributed by atoms with E-state index in [1.54, 1.807) is 18.8 Å². The number of thiophene rings is 1. The molecule has 0 spiro atoms. The second-order valence-corrected chi connectivity index (χ2v) is 4.04. The number of rotatable bonds is 1. The van der Waals surface area contributed by atoms with Gasteiger partial charge in [0.2, 0.25) is 0 Å². The smallest absolute Gasteiger partial charge is 0.449 e. The highest BCUT2D eigenvalue weighted by Gasteiger charge is 2.18. The fourth-order valence-corrected chi connectivity index (χ4v) is 2.25. The molecule has 2 aromatic rings. The van der Waals surface area contributed by atoms with Crippen molar-refractivity contribution in [3.8, 4) is 0 Å². The maximum atomic E-state index is 5.10. The molecule has 0 aliphatic carbocycles. The van der Waals surface area contributed by atoms with Crippen molar-refractivity contribution in [3.63, 3.8) is 0 Å². The molecule has 0 unspecified atom stereocenters. The molecule has 2 nitrogen and oxygen atoms in total. The van der Waals surface area contributed by atoms with E-state index in [1.807, 2.05) is 23.6 Å². The Morgan fingerprint density at radius 3 is 3.00 bits per heavy atom. The van der Waals surface area contributed by atoms with Gasteiger partial charge in [0.15, 0.2) is 0 Å². The molecule has 0 N–H and O–H groups in total. The summed E-state index contributed by atoms with van der Waals surface area (Å²) in [4.78, 5) is 0. The van der Waals surface area contributed by atoms with Crippen LogP contribution < -0.4 is 5.46 Å². The second kappa shape index (κ2) is 3.55. The molecule has 15 heavy (non-hydrogen) atoms. The van der Waals surface area contributed by atoms with Gasteiger partial charge in [0.25, 0.3) is 0 Å². The summed E-state index contributed by atoms with van der Waals surface area (Å²) < 4.78 is 5.10. The van der Waals surface area contributed by atoms with Crippen LogP contribution in [0.25, 0.3) is 0 Å². The van der Waals surface area contributed by atoms with E-state index >= 15 is 0 Å². The molecule has 2 heterocycles. The Bertz CT molecular complexity index is 507. The van der Waals surface area contributed by atoms with Crippen LogP contribution in [0.5, 0.6) is 0 Å². The van der Waals surface area contributed by atoms with Gasteiger partial charge in [0.05, 0.1) is 0 Å². The van der Waals surface area contributed by atoms with Crippen LogP contribution in [-0.2, 0) is 4.76 Å². The lowest BCUT2D eigenvalue weighted by Crippen LogP contribution is -2.28. The van der Waals surface area contributed by atoms with Gasteiger partial charge in [0.1, 0.15) is 5.71 Å². The topological polar surface area (TPSA) is 21.6 Å². The van der Waals surface area contributed by atoms with Crippen molar-refractivity contribution in [3.05, 3.63) is 52.2 Å². The molecular weight excluding hydrogens is 205 g/mol. The number of hydrogen-bond donors (Lipinski definition) is 0. The summed E-state index contributed by atoms with van der Waals surface area (Å²) in [5, 5.41) is 8.20. The minimum atomic E-state index is 0.911. The molecule has 1 aromatic heterocycles. The molecule has 3 rings (SSSR count). The largest absolute Gasteiger partial charge is 0.467 e. The number of hydrogen-bond acceptors (Lipinski definition) is 3. The Morgan fingerprint density at radius 2 is 2.13 bits per heavy atom. The Kier molecular flexibility index (Phi) is 2.07. The zero-order chi connectivity index (χ0) is 10.1. The van der Waals surface area contributed by atoms with Gasteiger partial charge in [-0.1, -0.05) is 24.3 Å². The van der Waals surface area contributed by atoms with Crippen molar-refractivity contribution in [2.45, 2.75) is 0 Å². The molecule has 0 bridgehead atoms. The monoisotopic (exact) mass is 212 g/mol. The third kappa shape index (κ3) is 1.47. The standard InChI is InChI=1S/C11H7BNOS/c1-2-4-10-9(3-1)11(13-14-12-10)8-5-6-15-7-8/h1-7H. The predicted octanol–water partition coefficient (Wildman–Crippen LogP) is 1.78. The summed E-state index contributed by atoms with van der Waals surface area (Å²) in [6, 6.07) is 10.1. The average Bonchev–Trinajstić information content (AvgIpc) is 2.82. The zero-order valence-corrected chi connectivity index (χ0v) is 8.70. The lowest BCUT2D eigenvalue weighted by molar-refractivity contribution is 0.367. The molecular formula is C11H7BNOS. The second-order valence-electron chi connectivity index (χ2n) is 3.26. The van der Waals surface area contributed by atoms with E-state index in [4.69, 9.17) is 4.76 Å². The fourth-order valence-electron chi connectivity index (χ4n) is 1.61. The van der Waals surface area contributed by atoms with Crippen molar-refractivity contribution in [2.24, 2.45) is 5.16 Å². The van der Waals surface area contributed by atoms with Gasteiger partial charge in [0, 0.05) is 16.5 Å². The van der Waals surface area contributed by atoms with E-state index in [2.05, 4.69) is 22.7 Å². The quantitative estimate of drug-likeness (QED) is 0.660. The average molecular weight is 212 g/mol. The molecule has 1 aliphatic heterocycles. The SMILES string of the molecule is [B]1ON=C(c2ccsc2)c2ccccc21. The van der Waals surface area contributed by atoms with E-state index < -0.39 is 0 Å². The van der Waals surface area contributed by atoms with E-state index in [9.17, 15) is 0 Å². The van der Waals surface area contributed by atoms with E-state index in [1.165, 1.54) is 0 Å². The summed E-state index contributed by atoms with van der Waals surface area (Å²) in [6.45, 7) is 0. The van der Waals surface area contributed by atoms with Crippen molar-refractivity contribution in [2.75, 3.05) is 0 Å². The maximum absolute atomic E-state index is 5.10. The van der Waals surface area contributed by atoms with Gasteiger partial charge in [-0.2, -0.15) is 11.3 Å². The van der Waals surface area contributed by atoms with Crippen molar-refractivity contribution >= 4 is 30.0 Å². The molecule has 1 radical (unpaired) electrons. The first-order valence-electron chi connectivity index (χ1n) is 4.64. The minimum absolute atomic E-state index is 0.911. The van der Waals surface area contributed by atoms with Gasteiger partial charge in [-0.3, -0.25) is 0 Å². The van der Waals surface area contributed by atoms with Crippen LogP contribution in [0.4, 0.5) is 0 Å². The number of fused-ring (bicyclic) bond motifs is 1. The van der Waals surface area contributed by atoms with Crippen LogP contribution in [0, 0.1) is 0 Å². The van der Waals surface area contributed by atoms with Crippen molar-refractivity contribution in [1.82, 2.24) is 0 Å². The summed E-state index contributed by atoms with van der Waals surface area (Å²) in [7, 11) is 1.67. The fraction of sp³-hybridized carbons (Fsp3) is 0. The summed E-state index contributed by atoms with van der Waals surface area (Å²) in [6.07, 6.45) is 0. The van der Waals surface area contributed by atoms with Crippen LogP contribution in [-0.4, -0.2) is 13.2 Å². The highest BCUT2D eigenvalue weighted by Crippen LogP contribution is 2.15. The van der Waals surface area contributed by atoms with Crippen LogP contribution in [0.1, 0.15) is 11.1 Å². The maximum Gasteiger partial charge on any atom is 0.449 e. The number of oxime groups is 1. The Morgan fingerprint density at radius 1 is 1.20 bits per heavy atom. The number of benzene rings is 1. The third-order valence-corrected chi connectivity index (χ3v) is 3.02. The molecule has 4 heteroatoms. The van der Waals surface area contributed by atoms with Crippen molar-refractivity contribution in [1.29, 1.82) is 0 Å². The lowest BCUT2D eigenvalue weighted by Gasteiger charge is -2.14. The highest BCUT2D eigenvalue weighted by atomic mass is 32.1. The zero-order valence-electron chi connectivity index (χ0n) is 7.88. The van der Waals surface area contributed by atoms with Crippen LogP contribution in [0.15, 0.2) is 46.2 Å². The molecule has 1 aliphatic rings. The van der Waals surface area contributed by atoms with Gasteiger partial charge < -0.3 is 4.76 Å². The molecule has 1 aromatic carbocycles.